The molecule has 0 spiro atoms. The fraction of sp³-hybridized carbons (Fsp3) is 0.148. The zero-order valence-corrected chi connectivity index (χ0v) is 19.7. The third kappa shape index (κ3) is 4.39. The molecule has 8 heteroatoms. The topological polar surface area (TPSA) is 88.0 Å². The zero-order chi connectivity index (χ0) is 24.5. The third-order valence-corrected chi connectivity index (χ3v) is 5.84. The van der Waals surface area contributed by atoms with E-state index >= 15 is 0 Å². The molecule has 0 saturated heterocycles. The van der Waals surface area contributed by atoms with Crippen LogP contribution >= 0.6 is 0 Å². The minimum atomic E-state index is -0.458. The number of amides is 1. The smallest absolute Gasteiger partial charge is 0.337 e. The molecule has 1 aliphatic rings. The average Bonchev–Trinajstić information content (AvgIpc) is 3.45. The maximum atomic E-state index is 13.2. The van der Waals surface area contributed by atoms with Gasteiger partial charge in [-0.25, -0.2) is 9.78 Å². The van der Waals surface area contributed by atoms with E-state index in [1.54, 1.807) is 24.4 Å². The first-order valence-electron chi connectivity index (χ1n) is 11.1. The van der Waals surface area contributed by atoms with E-state index in [1.165, 1.54) is 12.7 Å². The summed E-state index contributed by atoms with van der Waals surface area (Å²) in [4.78, 5) is 31.7. The summed E-state index contributed by atoms with van der Waals surface area (Å²) in [6.07, 6.45) is 5.51. The molecule has 2 aromatic heterocycles. The van der Waals surface area contributed by atoms with Crippen LogP contribution in [0.25, 0.3) is 16.9 Å². The van der Waals surface area contributed by atoms with Gasteiger partial charge in [0.1, 0.15) is 5.65 Å². The fourth-order valence-electron chi connectivity index (χ4n) is 4.21. The number of aromatic nitrogens is 2. The number of benzene rings is 2. The average molecular weight is 468 g/mol. The predicted octanol–water partition coefficient (Wildman–Crippen LogP) is 4.12. The molecule has 5 rings (SSSR count). The lowest BCUT2D eigenvalue weighted by Crippen LogP contribution is -2.11. The van der Waals surface area contributed by atoms with E-state index in [2.05, 4.69) is 32.7 Å². The summed E-state index contributed by atoms with van der Waals surface area (Å²) in [5, 5.41) is 6.37. The number of methoxy groups -OCH3 is 1. The van der Waals surface area contributed by atoms with Gasteiger partial charge in [0.05, 0.1) is 29.6 Å². The van der Waals surface area contributed by atoms with Crippen LogP contribution in [0.15, 0.2) is 73.2 Å². The Labute approximate surface area is 202 Å². The van der Waals surface area contributed by atoms with E-state index < -0.39 is 5.97 Å². The van der Waals surface area contributed by atoms with E-state index in [0.717, 1.165) is 23.4 Å². The SMILES string of the molecule is COC(=O)c1ccc2c(c1)NC(=O)/C2=C(\Nc1ccc(CN(C)C)cc1)c1ccn2ccnc2c1. The zero-order valence-electron chi connectivity index (χ0n) is 19.7. The first-order valence-corrected chi connectivity index (χ1v) is 11.1. The molecule has 176 valence electrons. The van der Waals surface area contributed by atoms with Crippen molar-refractivity contribution in [2.24, 2.45) is 0 Å². The largest absolute Gasteiger partial charge is 0.465 e. The standard InChI is InChI=1S/C27H25N5O3/c1-31(2)16-17-4-7-20(8-5-17)29-25(18-10-12-32-13-11-28-23(32)15-18)24-21-9-6-19(27(34)35-3)14-22(21)30-26(24)33/h4-15,29H,16H2,1-3H3,(H,30,33)/b25-24-. The number of hydrogen-bond acceptors (Lipinski definition) is 6. The fourth-order valence-corrected chi connectivity index (χ4v) is 4.21. The maximum absolute atomic E-state index is 13.2. The van der Waals surface area contributed by atoms with Crippen molar-refractivity contribution in [3.8, 4) is 0 Å². The summed E-state index contributed by atoms with van der Waals surface area (Å²) in [6.45, 7) is 0.836. The first-order chi connectivity index (χ1) is 16.9. The first kappa shape index (κ1) is 22.4. The Hall–Kier alpha value is -4.43. The summed E-state index contributed by atoms with van der Waals surface area (Å²) < 4.78 is 6.73. The summed E-state index contributed by atoms with van der Waals surface area (Å²) >= 11 is 0. The van der Waals surface area contributed by atoms with Crippen molar-refractivity contribution in [3.05, 3.63) is 95.4 Å². The number of hydrogen-bond donors (Lipinski definition) is 2. The Morgan fingerprint density at radius 2 is 1.86 bits per heavy atom. The van der Waals surface area contributed by atoms with Crippen molar-refractivity contribution in [1.82, 2.24) is 14.3 Å². The van der Waals surface area contributed by atoms with Gasteiger partial charge in [-0.2, -0.15) is 0 Å². The van der Waals surface area contributed by atoms with Crippen molar-refractivity contribution in [2.45, 2.75) is 6.54 Å². The molecule has 0 fully saturated rings. The number of nitrogens with zero attached hydrogens (tertiary/aromatic N) is 3. The Morgan fingerprint density at radius 3 is 2.60 bits per heavy atom. The molecule has 0 bridgehead atoms. The monoisotopic (exact) mass is 467 g/mol. The third-order valence-electron chi connectivity index (χ3n) is 5.84. The van der Waals surface area contributed by atoms with E-state index in [1.807, 2.05) is 55.2 Å². The van der Waals surface area contributed by atoms with Crippen LogP contribution in [0, 0.1) is 0 Å². The molecule has 2 aromatic carbocycles. The normalized spacial score (nSPS) is 14.1. The van der Waals surface area contributed by atoms with Gasteiger partial charge >= 0.3 is 5.97 Å². The van der Waals surface area contributed by atoms with Gasteiger partial charge in [-0.3, -0.25) is 4.79 Å². The second kappa shape index (κ2) is 9.08. The minimum absolute atomic E-state index is 0.253. The van der Waals surface area contributed by atoms with Crippen LogP contribution in [0.3, 0.4) is 0 Å². The number of carbonyl (C=O) groups is 2. The molecule has 35 heavy (non-hydrogen) atoms. The van der Waals surface area contributed by atoms with Crippen LogP contribution in [0.1, 0.15) is 27.0 Å². The molecule has 0 radical (unpaired) electrons. The van der Waals surface area contributed by atoms with Crippen molar-refractivity contribution in [1.29, 1.82) is 0 Å². The van der Waals surface area contributed by atoms with Crippen molar-refractivity contribution in [3.63, 3.8) is 0 Å². The molecule has 8 nitrogen and oxygen atoms in total. The van der Waals surface area contributed by atoms with Gasteiger partial charge in [0.15, 0.2) is 0 Å². The van der Waals surface area contributed by atoms with Gasteiger partial charge in [0, 0.05) is 41.9 Å². The van der Waals surface area contributed by atoms with Gasteiger partial charge in [0.25, 0.3) is 5.91 Å². The van der Waals surface area contributed by atoms with Gasteiger partial charge in [-0.05, 0) is 56.1 Å². The molecule has 3 heterocycles. The van der Waals surface area contributed by atoms with Gasteiger partial charge in [-0.15, -0.1) is 0 Å². The molecule has 1 amide bonds. The number of anilines is 2. The second-order valence-electron chi connectivity index (χ2n) is 8.62. The summed E-state index contributed by atoms with van der Waals surface area (Å²) in [5.41, 5.74) is 6.41. The van der Waals surface area contributed by atoms with Crippen LogP contribution in [0.4, 0.5) is 11.4 Å². The van der Waals surface area contributed by atoms with E-state index in [-0.39, 0.29) is 5.91 Å². The summed E-state index contributed by atoms with van der Waals surface area (Å²) in [7, 11) is 5.39. The highest BCUT2D eigenvalue weighted by atomic mass is 16.5. The number of nitrogens with one attached hydrogen (secondary N) is 2. The Morgan fingerprint density at radius 1 is 1.06 bits per heavy atom. The molecule has 0 atom stereocenters. The van der Waals surface area contributed by atoms with Crippen molar-refractivity contribution in [2.75, 3.05) is 31.8 Å². The van der Waals surface area contributed by atoms with Gasteiger partial charge in [-0.1, -0.05) is 18.2 Å². The molecule has 0 unspecified atom stereocenters. The number of carbonyl (C=O) groups excluding carboxylic acids is 2. The van der Waals surface area contributed by atoms with Crippen LogP contribution in [0.2, 0.25) is 0 Å². The highest BCUT2D eigenvalue weighted by Gasteiger charge is 2.29. The van der Waals surface area contributed by atoms with E-state index in [9.17, 15) is 9.59 Å². The Balaban J connectivity index is 1.62. The molecular formula is C27H25N5O3. The number of rotatable bonds is 6. The van der Waals surface area contributed by atoms with Crippen molar-refractivity contribution >= 4 is 40.2 Å². The highest BCUT2D eigenvalue weighted by molar-refractivity contribution is 6.37. The number of pyridine rings is 1. The van der Waals surface area contributed by atoms with E-state index in [0.29, 0.717) is 28.1 Å². The molecule has 1 aliphatic heterocycles. The lowest BCUT2D eigenvalue weighted by molar-refractivity contribution is -0.110. The lowest BCUT2D eigenvalue weighted by Gasteiger charge is -2.16. The second-order valence-corrected chi connectivity index (χ2v) is 8.62. The highest BCUT2D eigenvalue weighted by Crippen LogP contribution is 2.38. The van der Waals surface area contributed by atoms with Crippen LogP contribution in [-0.2, 0) is 16.1 Å². The van der Waals surface area contributed by atoms with Crippen molar-refractivity contribution < 1.29 is 14.3 Å². The Bertz CT molecular complexity index is 1470. The van der Waals surface area contributed by atoms with Gasteiger partial charge in [0.2, 0.25) is 0 Å². The maximum Gasteiger partial charge on any atom is 0.337 e. The van der Waals surface area contributed by atoms with Gasteiger partial charge < -0.3 is 24.7 Å². The number of imidazole rings is 1. The lowest BCUT2D eigenvalue weighted by atomic mass is 9.99. The minimum Gasteiger partial charge on any atom is -0.465 e. The van der Waals surface area contributed by atoms with E-state index in [4.69, 9.17) is 4.74 Å². The molecule has 2 N–H and O–H groups in total. The molecule has 4 aromatic rings. The molecule has 0 saturated carbocycles. The van der Waals surface area contributed by atoms with Crippen LogP contribution in [-0.4, -0.2) is 47.4 Å². The Kier molecular flexibility index (Phi) is 5.80. The molecule has 0 aliphatic carbocycles. The van der Waals surface area contributed by atoms with Crippen LogP contribution in [0.5, 0.6) is 0 Å². The summed E-state index contributed by atoms with van der Waals surface area (Å²) in [6, 6.07) is 17.1. The number of fused-ring (bicyclic) bond motifs is 2. The number of esters is 1. The van der Waals surface area contributed by atoms with Crippen LogP contribution < -0.4 is 10.6 Å². The predicted molar refractivity (Wildman–Crippen MR) is 136 cm³/mol. The molecular weight excluding hydrogens is 442 g/mol. The quantitative estimate of drug-likeness (QED) is 0.328. The number of ether oxygens (including phenoxy) is 1. The summed E-state index contributed by atoms with van der Waals surface area (Å²) in [5.74, 6) is -0.711.